The highest BCUT2D eigenvalue weighted by Gasteiger charge is 2.46. The zero-order valence-electron chi connectivity index (χ0n) is 13.3. The summed E-state index contributed by atoms with van der Waals surface area (Å²) in [4.78, 5) is 26.4. The molecule has 0 bridgehead atoms. The Bertz CT molecular complexity index is 399. The maximum absolute atomic E-state index is 13.1. The van der Waals surface area contributed by atoms with Crippen LogP contribution < -0.4 is 5.32 Å². The van der Waals surface area contributed by atoms with Gasteiger partial charge in [-0.2, -0.15) is 0 Å². The Morgan fingerprint density at radius 1 is 1.29 bits per heavy atom. The first-order chi connectivity index (χ1) is 9.93. The van der Waals surface area contributed by atoms with Gasteiger partial charge >= 0.3 is 5.97 Å². The molecule has 2 saturated heterocycles. The van der Waals surface area contributed by atoms with E-state index in [4.69, 9.17) is 0 Å². The van der Waals surface area contributed by atoms with Gasteiger partial charge in [0.2, 0.25) is 5.91 Å². The Hall–Kier alpha value is -1.10. The number of piperidine rings is 2. The van der Waals surface area contributed by atoms with E-state index >= 15 is 0 Å². The van der Waals surface area contributed by atoms with Gasteiger partial charge in [0, 0.05) is 19.6 Å². The minimum Gasteiger partial charge on any atom is -0.481 e. The van der Waals surface area contributed by atoms with E-state index in [0.29, 0.717) is 19.5 Å². The Morgan fingerprint density at radius 3 is 2.62 bits per heavy atom. The first-order valence-corrected chi connectivity index (χ1v) is 8.17. The number of carbonyl (C=O) groups is 2. The summed E-state index contributed by atoms with van der Waals surface area (Å²) in [7, 11) is 0. The van der Waals surface area contributed by atoms with E-state index in [0.717, 1.165) is 45.2 Å². The molecule has 0 saturated carbocycles. The maximum Gasteiger partial charge on any atom is 0.311 e. The Kier molecular flexibility index (Phi) is 4.91. The van der Waals surface area contributed by atoms with E-state index in [1.54, 1.807) is 6.92 Å². The van der Waals surface area contributed by atoms with Crippen LogP contribution in [0.5, 0.6) is 0 Å². The summed E-state index contributed by atoms with van der Waals surface area (Å²) in [6.45, 7) is 6.65. The third kappa shape index (κ3) is 3.23. The first-order valence-electron chi connectivity index (χ1n) is 8.17. The Labute approximate surface area is 127 Å². The van der Waals surface area contributed by atoms with Crippen molar-refractivity contribution in [2.75, 3.05) is 26.2 Å². The van der Waals surface area contributed by atoms with Gasteiger partial charge in [0.05, 0.1) is 10.8 Å². The standard InChI is InChI=1S/C16H28N2O3/c1-3-6-16(8-4-9-17-11-16)13(19)18-10-5-7-15(2,12-18)14(20)21/h17H,3-12H2,1-2H3,(H,20,21). The average Bonchev–Trinajstić information content (AvgIpc) is 2.47. The van der Waals surface area contributed by atoms with Crippen LogP contribution in [0.2, 0.25) is 0 Å². The van der Waals surface area contributed by atoms with Crippen molar-refractivity contribution in [3.63, 3.8) is 0 Å². The highest BCUT2D eigenvalue weighted by atomic mass is 16.4. The largest absolute Gasteiger partial charge is 0.481 e. The molecule has 2 fully saturated rings. The molecule has 0 radical (unpaired) electrons. The second-order valence-corrected chi connectivity index (χ2v) is 7.01. The average molecular weight is 296 g/mol. The van der Waals surface area contributed by atoms with Gasteiger partial charge < -0.3 is 15.3 Å². The normalized spacial score (nSPS) is 33.7. The lowest BCUT2D eigenvalue weighted by molar-refractivity contribution is -0.157. The molecular formula is C16H28N2O3. The highest BCUT2D eigenvalue weighted by molar-refractivity contribution is 5.84. The van der Waals surface area contributed by atoms with Gasteiger partial charge in [-0.25, -0.2) is 0 Å². The summed E-state index contributed by atoms with van der Waals surface area (Å²) >= 11 is 0. The van der Waals surface area contributed by atoms with Crippen molar-refractivity contribution in [2.24, 2.45) is 10.8 Å². The fourth-order valence-electron chi connectivity index (χ4n) is 3.87. The summed E-state index contributed by atoms with van der Waals surface area (Å²) in [6.07, 6.45) is 5.26. The van der Waals surface area contributed by atoms with Crippen LogP contribution in [0.3, 0.4) is 0 Å². The number of amides is 1. The van der Waals surface area contributed by atoms with E-state index in [-0.39, 0.29) is 11.3 Å². The van der Waals surface area contributed by atoms with E-state index in [9.17, 15) is 14.7 Å². The fourth-order valence-corrected chi connectivity index (χ4v) is 3.87. The molecule has 2 atom stereocenters. The molecule has 0 aliphatic carbocycles. The summed E-state index contributed by atoms with van der Waals surface area (Å²) < 4.78 is 0. The molecule has 2 aliphatic heterocycles. The predicted octanol–water partition coefficient (Wildman–Crippen LogP) is 1.87. The molecule has 2 rings (SSSR count). The van der Waals surface area contributed by atoms with Gasteiger partial charge in [0.15, 0.2) is 0 Å². The van der Waals surface area contributed by atoms with Crippen LogP contribution in [0.25, 0.3) is 0 Å². The Morgan fingerprint density at radius 2 is 2.05 bits per heavy atom. The molecule has 1 amide bonds. The third-order valence-electron chi connectivity index (χ3n) is 5.15. The van der Waals surface area contributed by atoms with Crippen molar-refractivity contribution in [2.45, 2.75) is 52.4 Å². The molecule has 2 aliphatic rings. The van der Waals surface area contributed by atoms with Crippen LogP contribution in [0.15, 0.2) is 0 Å². The zero-order valence-corrected chi connectivity index (χ0v) is 13.3. The van der Waals surface area contributed by atoms with Gasteiger partial charge in [-0.1, -0.05) is 13.3 Å². The molecule has 2 N–H and O–H groups in total. The van der Waals surface area contributed by atoms with Crippen LogP contribution in [0.1, 0.15) is 52.4 Å². The van der Waals surface area contributed by atoms with E-state index in [1.807, 2.05) is 4.90 Å². The lowest BCUT2D eigenvalue weighted by Crippen LogP contribution is -2.56. The molecule has 5 heteroatoms. The summed E-state index contributed by atoms with van der Waals surface area (Å²) in [5.41, 5.74) is -1.10. The van der Waals surface area contributed by atoms with Gasteiger partial charge in [-0.3, -0.25) is 9.59 Å². The number of carbonyl (C=O) groups excluding carboxylic acids is 1. The van der Waals surface area contributed by atoms with Crippen molar-refractivity contribution < 1.29 is 14.7 Å². The van der Waals surface area contributed by atoms with Crippen LogP contribution >= 0.6 is 0 Å². The third-order valence-corrected chi connectivity index (χ3v) is 5.15. The summed E-state index contributed by atoms with van der Waals surface area (Å²) in [5.74, 6) is -0.616. The molecule has 2 heterocycles. The molecule has 120 valence electrons. The number of carboxylic acid groups (broad SMARTS) is 1. The number of hydrogen-bond acceptors (Lipinski definition) is 3. The summed E-state index contributed by atoms with van der Waals surface area (Å²) in [5, 5.41) is 12.8. The molecular weight excluding hydrogens is 268 g/mol. The van der Waals surface area contributed by atoms with Crippen LogP contribution in [0.4, 0.5) is 0 Å². The second-order valence-electron chi connectivity index (χ2n) is 7.01. The van der Waals surface area contributed by atoms with Crippen molar-refractivity contribution >= 4 is 11.9 Å². The van der Waals surface area contributed by atoms with E-state index < -0.39 is 11.4 Å². The van der Waals surface area contributed by atoms with E-state index in [1.165, 1.54) is 0 Å². The number of likely N-dealkylation sites (tertiary alicyclic amines) is 1. The number of hydrogen-bond donors (Lipinski definition) is 2. The minimum absolute atomic E-state index is 0.170. The zero-order chi connectivity index (χ0) is 15.5. The molecule has 0 spiro atoms. The van der Waals surface area contributed by atoms with Crippen molar-refractivity contribution in [1.82, 2.24) is 10.2 Å². The van der Waals surface area contributed by atoms with Crippen molar-refractivity contribution in [1.29, 1.82) is 0 Å². The fraction of sp³-hybridized carbons (Fsp3) is 0.875. The number of aliphatic carboxylic acids is 1. The van der Waals surface area contributed by atoms with Gasteiger partial charge in [0.25, 0.3) is 0 Å². The van der Waals surface area contributed by atoms with Gasteiger partial charge in [-0.15, -0.1) is 0 Å². The summed E-state index contributed by atoms with van der Waals surface area (Å²) in [6, 6.07) is 0. The number of nitrogens with one attached hydrogen (secondary N) is 1. The highest BCUT2D eigenvalue weighted by Crippen LogP contribution is 2.37. The molecule has 0 aromatic rings. The lowest BCUT2D eigenvalue weighted by atomic mass is 9.74. The van der Waals surface area contributed by atoms with Gasteiger partial charge in [0.1, 0.15) is 0 Å². The predicted molar refractivity (Wildman–Crippen MR) is 81.0 cm³/mol. The first kappa shape index (κ1) is 16.3. The lowest BCUT2D eigenvalue weighted by Gasteiger charge is -2.44. The Balaban J connectivity index is 2.15. The SMILES string of the molecule is CCCC1(C(=O)N2CCCC(C)(C(=O)O)C2)CCCNC1. The van der Waals surface area contributed by atoms with Crippen LogP contribution in [-0.4, -0.2) is 48.1 Å². The monoisotopic (exact) mass is 296 g/mol. The second kappa shape index (κ2) is 6.34. The molecule has 2 unspecified atom stereocenters. The van der Waals surface area contributed by atoms with Crippen molar-refractivity contribution in [3.8, 4) is 0 Å². The van der Waals surface area contributed by atoms with E-state index in [2.05, 4.69) is 12.2 Å². The molecule has 5 nitrogen and oxygen atoms in total. The molecule has 0 aromatic heterocycles. The topological polar surface area (TPSA) is 69.6 Å². The van der Waals surface area contributed by atoms with Gasteiger partial charge in [-0.05, 0) is 45.6 Å². The molecule has 21 heavy (non-hydrogen) atoms. The smallest absolute Gasteiger partial charge is 0.311 e. The van der Waals surface area contributed by atoms with Crippen LogP contribution in [-0.2, 0) is 9.59 Å². The minimum atomic E-state index is -0.788. The van der Waals surface area contributed by atoms with Crippen LogP contribution in [0, 0.1) is 10.8 Å². The maximum atomic E-state index is 13.1. The molecule has 0 aromatic carbocycles. The van der Waals surface area contributed by atoms with Crippen molar-refractivity contribution in [3.05, 3.63) is 0 Å². The number of carboxylic acids is 1. The number of rotatable bonds is 4. The quantitative estimate of drug-likeness (QED) is 0.831. The number of nitrogens with zero attached hydrogens (tertiary/aromatic N) is 1.